The third kappa shape index (κ3) is 4.88. The monoisotopic (exact) mass is 253 g/mol. The fraction of sp³-hybridized carbons (Fsp3) is 0.333. The first kappa shape index (κ1) is 13.8. The van der Waals surface area contributed by atoms with Crippen LogP contribution in [0.2, 0.25) is 0 Å². The molecule has 0 bridgehead atoms. The Morgan fingerprint density at radius 3 is 2.26 bits per heavy atom. The van der Waals surface area contributed by atoms with Crippen molar-refractivity contribution < 1.29 is 0 Å². The van der Waals surface area contributed by atoms with Gasteiger partial charge in [0.05, 0.1) is 0 Å². The highest BCUT2D eigenvalue weighted by molar-refractivity contribution is 5.21. The first-order chi connectivity index (χ1) is 9.24. The lowest BCUT2D eigenvalue weighted by atomic mass is 10.1. The molecule has 19 heavy (non-hydrogen) atoms. The van der Waals surface area contributed by atoms with E-state index in [0.29, 0.717) is 6.04 Å². The van der Waals surface area contributed by atoms with Crippen LogP contribution in [0, 0.1) is 6.92 Å². The molecule has 0 aliphatic heterocycles. The molecule has 2 aromatic rings. The summed E-state index contributed by atoms with van der Waals surface area (Å²) >= 11 is 0. The highest BCUT2D eigenvalue weighted by Crippen LogP contribution is 2.06. The Morgan fingerprint density at radius 2 is 1.58 bits per heavy atom. The van der Waals surface area contributed by atoms with Crippen molar-refractivity contribution in [3.63, 3.8) is 0 Å². The molecule has 0 spiro atoms. The van der Waals surface area contributed by atoms with Crippen LogP contribution in [0.15, 0.2) is 54.6 Å². The van der Waals surface area contributed by atoms with E-state index in [1.165, 1.54) is 23.1 Å². The van der Waals surface area contributed by atoms with Gasteiger partial charge in [-0.15, -0.1) is 0 Å². The SMILES string of the molecule is Cc1ccc(CNC(C)CCc2ccccc2)cc1. The first-order valence-electron chi connectivity index (χ1n) is 7.07. The Balaban J connectivity index is 1.72. The molecule has 1 N–H and O–H groups in total. The van der Waals surface area contributed by atoms with E-state index < -0.39 is 0 Å². The molecule has 0 fully saturated rings. The summed E-state index contributed by atoms with van der Waals surface area (Å²) in [6.07, 6.45) is 2.32. The maximum absolute atomic E-state index is 3.59. The maximum atomic E-state index is 3.59. The zero-order chi connectivity index (χ0) is 13.5. The van der Waals surface area contributed by atoms with Gasteiger partial charge >= 0.3 is 0 Å². The predicted molar refractivity (Wildman–Crippen MR) is 82.2 cm³/mol. The molecule has 0 amide bonds. The number of hydrogen-bond donors (Lipinski definition) is 1. The van der Waals surface area contributed by atoms with Crippen molar-refractivity contribution in [3.05, 3.63) is 71.3 Å². The third-order valence-electron chi connectivity index (χ3n) is 3.48. The molecule has 1 unspecified atom stereocenters. The Morgan fingerprint density at radius 1 is 0.895 bits per heavy atom. The van der Waals surface area contributed by atoms with E-state index in [0.717, 1.165) is 13.0 Å². The van der Waals surface area contributed by atoms with E-state index in [4.69, 9.17) is 0 Å². The van der Waals surface area contributed by atoms with Gasteiger partial charge in [0.1, 0.15) is 0 Å². The topological polar surface area (TPSA) is 12.0 Å². The van der Waals surface area contributed by atoms with Crippen LogP contribution < -0.4 is 5.32 Å². The smallest absolute Gasteiger partial charge is 0.0207 e. The van der Waals surface area contributed by atoms with Crippen LogP contribution in [0.5, 0.6) is 0 Å². The molecule has 0 aliphatic rings. The number of aryl methyl sites for hydroxylation is 2. The quantitative estimate of drug-likeness (QED) is 0.817. The minimum Gasteiger partial charge on any atom is -0.310 e. The van der Waals surface area contributed by atoms with Crippen molar-refractivity contribution in [1.82, 2.24) is 5.32 Å². The molecule has 0 aliphatic carbocycles. The van der Waals surface area contributed by atoms with E-state index >= 15 is 0 Å². The Kier molecular flexibility index (Phi) is 5.17. The van der Waals surface area contributed by atoms with Gasteiger partial charge in [-0.25, -0.2) is 0 Å². The van der Waals surface area contributed by atoms with Crippen LogP contribution >= 0.6 is 0 Å². The Labute approximate surface area is 116 Å². The van der Waals surface area contributed by atoms with Gasteiger partial charge in [0.2, 0.25) is 0 Å². The normalized spacial score (nSPS) is 12.3. The average molecular weight is 253 g/mol. The van der Waals surface area contributed by atoms with E-state index in [2.05, 4.69) is 73.8 Å². The molecule has 1 atom stereocenters. The fourth-order valence-electron chi connectivity index (χ4n) is 2.13. The zero-order valence-electron chi connectivity index (χ0n) is 11.9. The Bertz CT molecular complexity index is 473. The van der Waals surface area contributed by atoms with Gasteiger partial charge in [-0.05, 0) is 37.8 Å². The Hall–Kier alpha value is -1.60. The summed E-state index contributed by atoms with van der Waals surface area (Å²) in [6.45, 7) is 5.34. The van der Waals surface area contributed by atoms with Crippen molar-refractivity contribution in [2.45, 2.75) is 39.3 Å². The van der Waals surface area contributed by atoms with E-state index in [1.807, 2.05) is 0 Å². The fourth-order valence-corrected chi connectivity index (χ4v) is 2.13. The molecule has 1 heteroatoms. The molecule has 2 rings (SSSR count). The molecule has 1 nitrogen and oxygen atoms in total. The standard InChI is InChI=1S/C18H23N/c1-15-8-11-18(12-9-15)14-19-16(2)10-13-17-6-4-3-5-7-17/h3-9,11-12,16,19H,10,13-14H2,1-2H3. The predicted octanol–water partition coefficient (Wildman–Crippen LogP) is 4.11. The van der Waals surface area contributed by atoms with Crippen molar-refractivity contribution >= 4 is 0 Å². The summed E-state index contributed by atoms with van der Waals surface area (Å²) in [6, 6.07) is 20.0. The molecular weight excluding hydrogens is 230 g/mol. The highest BCUT2D eigenvalue weighted by atomic mass is 14.9. The zero-order valence-corrected chi connectivity index (χ0v) is 11.9. The molecule has 0 saturated heterocycles. The highest BCUT2D eigenvalue weighted by Gasteiger charge is 2.02. The summed E-state index contributed by atoms with van der Waals surface area (Å²) in [4.78, 5) is 0. The van der Waals surface area contributed by atoms with Gasteiger partial charge in [-0.1, -0.05) is 60.2 Å². The molecular formula is C18H23N. The molecule has 0 radical (unpaired) electrons. The van der Waals surface area contributed by atoms with Gasteiger partial charge in [0.25, 0.3) is 0 Å². The van der Waals surface area contributed by atoms with E-state index in [9.17, 15) is 0 Å². The molecule has 0 heterocycles. The second-order valence-corrected chi connectivity index (χ2v) is 5.29. The van der Waals surface area contributed by atoms with Crippen LogP contribution in [0.3, 0.4) is 0 Å². The van der Waals surface area contributed by atoms with Crippen molar-refractivity contribution in [1.29, 1.82) is 0 Å². The molecule has 100 valence electrons. The molecule has 2 aromatic carbocycles. The van der Waals surface area contributed by atoms with Crippen molar-refractivity contribution in [2.75, 3.05) is 0 Å². The number of rotatable bonds is 6. The summed E-state index contributed by atoms with van der Waals surface area (Å²) in [5.74, 6) is 0. The van der Waals surface area contributed by atoms with Gasteiger partial charge in [0.15, 0.2) is 0 Å². The lowest BCUT2D eigenvalue weighted by Crippen LogP contribution is -2.25. The summed E-state index contributed by atoms with van der Waals surface area (Å²) in [5.41, 5.74) is 4.10. The summed E-state index contributed by atoms with van der Waals surface area (Å²) in [5, 5.41) is 3.59. The minimum atomic E-state index is 0.543. The van der Waals surface area contributed by atoms with Crippen LogP contribution in [0.25, 0.3) is 0 Å². The lowest BCUT2D eigenvalue weighted by Gasteiger charge is -2.14. The average Bonchev–Trinajstić information content (AvgIpc) is 2.45. The summed E-state index contributed by atoms with van der Waals surface area (Å²) in [7, 11) is 0. The van der Waals surface area contributed by atoms with Crippen molar-refractivity contribution in [3.8, 4) is 0 Å². The van der Waals surface area contributed by atoms with Crippen LogP contribution in [-0.2, 0) is 13.0 Å². The van der Waals surface area contributed by atoms with Crippen molar-refractivity contribution in [2.24, 2.45) is 0 Å². The van der Waals surface area contributed by atoms with Gasteiger partial charge in [-0.2, -0.15) is 0 Å². The molecule has 0 saturated carbocycles. The van der Waals surface area contributed by atoms with Crippen LogP contribution in [0.4, 0.5) is 0 Å². The van der Waals surface area contributed by atoms with Gasteiger partial charge in [-0.3, -0.25) is 0 Å². The molecule has 0 aromatic heterocycles. The first-order valence-corrected chi connectivity index (χ1v) is 7.07. The largest absolute Gasteiger partial charge is 0.310 e. The van der Waals surface area contributed by atoms with Gasteiger partial charge in [0, 0.05) is 12.6 Å². The number of nitrogens with one attached hydrogen (secondary N) is 1. The van der Waals surface area contributed by atoms with E-state index in [-0.39, 0.29) is 0 Å². The summed E-state index contributed by atoms with van der Waals surface area (Å²) < 4.78 is 0. The second-order valence-electron chi connectivity index (χ2n) is 5.29. The van der Waals surface area contributed by atoms with Gasteiger partial charge < -0.3 is 5.32 Å². The third-order valence-corrected chi connectivity index (χ3v) is 3.48. The number of benzene rings is 2. The number of hydrogen-bond acceptors (Lipinski definition) is 1. The maximum Gasteiger partial charge on any atom is 0.0207 e. The minimum absolute atomic E-state index is 0.543. The van der Waals surface area contributed by atoms with Crippen LogP contribution in [0.1, 0.15) is 30.0 Å². The van der Waals surface area contributed by atoms with E-state index in [1.54, 1.807) is 0 Å². The van der Waals surface area contributed by atoms with Crippen LogP contribution in [-0.4, -0.2) is 6.04 Å². The second kappa shape index (κ2) is 7.10. The lowest BCUT2D eigenvalue weighted by molar-refractivity contribution is 0.514.